The van der Waals surface area contributed by atoms with Crippen LogP contribution in [0.3, 0.4) is 0 Å². The largest absolute Gasteiger partial charge is 0.306 e. The van der Waals surface area contributed by atoms with E-state index in [1.165, 1.54) is 0 Å². The van der Waals surface area contributed by atoms with E-state index in [-0.39, 0.29) is 5.91 Å². The molecule has 3 aromatic rings. The normalized spacial score (nSPS) is 15.7. The minimum atomic E-state index is -0.959. The highest BCUT2D eigenvalue weighted by Gasteiger charge is 2.28. The van der Waals surface area contributed by atoms with Crippen molar-refractivity contribution in [3.05, 3.63) is 76.5 Å². The minimum Gasteiger partial charge on any atom is -0.306 e. The maximum Gasteiger partial charge on any atom is 0.256 e. The SMILES string of the molecule is Cc1cccc(C(=O)Nc2c3c(nn2-c2ccccc2C)CS(=O)C3)c1. The molecule has 5 nitrogen and oxygen atoms in total. The van der Waals surface area contributed by atoms with E-state index in [2.05, 4.69) is 10.4 Å². The van der Waals surface area contributed by atoms with Crippen LogP contribution in [-0.2, 0) is 22.3 Å². The Hall–Kier alpha value is -2.73. The average molecular weight is 365 g/mol. The first-order valence-electron chi connectivity index (χ1n) is 8.42. The number of aromatic nitrogens is 2. The van der Waals surface area contributed by atoms with Gasteiger partial charge in [-0.25, -0.2) is 4.68 Å². The number of para-hydroxylation sites is 1. The first kappa shape index (κ1) is 16.7. The van der Waals surface area contributed by atoms with Gasteiger partial charge in [0, 0.05) is 21.9 Å². The molecule has 0 bridgehead atoms. The van der Waals surface area contributed by atoms with Gasteiger partial charge < -0.3 is 5.32 Å². The van der Waals surface area contributed by atoms with Crippen LogP contribution in [0.2, 0.25) is 0 Å². The van der Waals surface area contributed by atoms with Crippen LogP contribution in [0.5, 0.6) is 0 Å². The monoisotopic (exact) mass is 365 g/mol. The second-order valence-corrected chi connectivity index (χ2v) is 7.98. The number of carbonyl (C=O) groups is 1. The molecule has 6 heteroatoms. The zero-order chi connectivity index (χ0) is 18.3. The Morgan fingerprint density at radius 3 is 2.69 bits per heavy atom. The number of nitrogens with one attached hydrogen (secondary N) is 1. The fourth-order valence-corrected chi connectivity index (χ4v) is 4.46. The quantitative estimate of drug-likeness (QED) is 0.773. The number of amides is 1. The second kappa shape index (κ2) is 6.53. The fourth-order valence-electron chi connectivity index (χ4n) is 3.20. The second-order valence-electron chi connectivity index (χ2n) is 6.52. The van der Waals surface area contributed by atoms with Crippen LogP contribution in [0.4, 0.5) is 5.82 Å². The lowest BCUT2D eigenvalue weighted by Gasteiger charge is -2.13. The van der Waals surface area contributed by atoms with Gasteiger partial charge in [-0.15, -0.1) is 0 Å². The maximum atomic E-state index is 12.8. The lowest BCUT2D eigenvalue weighted by Crippen LogP contribution is -2.17. The van der Waals surface area contributed by atoms with E-state index in [4.69, 9.17) is 0 Å². The van der Waals surface area contributed by atoms with E-state index < -0.39 is 10.8 Å². The molecule has 0 spiro atoms. The van der Waals surface area contributed by atoms with E-state index in [0.717, 1.165) is 28.1 Å². The topological polar surface area (TPSA) is 64.0 Å². The molecular formula is C20H19N3O2S. The third-order valence-corrected chi connectivity index (χ3v) is 5.73. The van der Waals surface area contributed by atoms with E-state index in [1.807, 2.05) is 56.3 Å². The van der Waals surface area contributed by atoms with E-state index in [9.17, 15) is 9.00 Å². The average Bonchev–Trinajstić information content (AvgIpc) is 3.12. The molecule has 0 aliphatic carbocycles. The molecule has 4 rings (SSSR count). The highest BCUT2D eigenvalue weighted by molar-refractivity contribution is 7.83. The first-order chi connectivity index (χ1) is 12.5. The van der Waals surface area contributed by atoms with Crippen molar-refractivity contribution in [2.24, 2.45) is 0 Å². The molecule has 0 radical (unpaired) electrons. The Bertz CT molecular complexity index is 1040. The number of anilines is 1. The summed E-state index contributed by atoms with van der Waals surface area (Å²) in [6.07, 6.45) is 0. The van der Waals surface area contributed by atoms with Gasteiger partial charge in [-0.1, -0.05) is 35.9 Å². The molecule has 2 aromatic carbocycles. The standard InChI is InChI=1S/C20H19N3O2S/c1-13-6-5-8-15(10-13)20(24)21-19-16-11-26(25)12-17(16)22-23(19)18-9-4-3-7-14(18)2/h3-10H,11-12H2,1-2H3,(H,21,24). The smallest absolute Gasteiger partial charge is 0.256 e. The highest BCUT2D eigenvalue weighted by Crippen LogP contribution is 2.32. The molecule has 1 aromatic heterocycles. The lowest BCUT2D eigenvalue weighted by atomic mass is 10.1. The lowest BCUT2D eigenvalue weighted by molar-refractivity contribution is 0.102. The zero-order valence-corrected chi connectivity index (χ0v) is 15.5. The number of rotatable bonds is 3. The Labute approximate surface area is 154 Å². The van der Waals surface area contributed by atoms with Gasteiger partial charge in [0.25, 0.3) is 5.91 Å². The summed E-state index contributed by atoms with van der Waals surface area (Å²) in [5.74, 6) is 1.28. The highest BCUT2D eigenvalue weighted by atomic mass is 32.2. The summed E-state index contributed by atoms with van der Waals surface area (Å²) in [6.45, 7) is 3.96. The first-order valence-corrected chi connectivity index (χ1v) is 9.91. The van der Waals surface area contributed by atoms with E-state index in [1.54, 1.807) is 10.7 Å². The summed E-state index contributed by atoms with van der Waals surface area (Å²) in [5.41, 5.74) is 5.25. The van der Waals surface area contributed by atoms with Crippen molar-refractivity contribution in [1.29, 1.82) is 0 Å². The van der Waals surface area contributed by atoms with Gasteiger partial charge in [0.15, 0.2) is 0 Å². The van der Waals surface area contributed by atoms with Crippen molar-refractivity contribution < 1.29 is 9.00 Å². The van der Waals surface area contributed by atoms with Crippen LogP contribution < -0.4 is 5.32 Å². The van der Waals surface area contributed by atoms with Gasteiger partial charge >= 0.3 is 0 Å². The van der Waals surface area contributed by atoms with E-state index >= 15 is 0 Å². The molecule has 0 saturated heterocycles. The predicted octanol–water partition coefficient (Wildman–Crippen LogP) is 3.50. The predicted molar refractivity (Wildman–Crippen MR) is 103 cm³/mol. The van der Waals surface area contributed by atoms with Crippen LogP contribution in [0, 0.1) is 13.8 Å². The maximum absolute atomic E-state index is 12.8. The zero-order valence-electron chi connectivity index (χ0n) is 14.7. The summed E-state index contributed by atoms with van der Waals surface area (Å²) in [5, 5.41) is 7.65. The number of nitrogens with zero attached hydrogens (tertiary/aromatic N) is 2. The van der Waals surface area contributed by atoms with Gasteiger partial charge in [0.05, 0.1) is 22.9 Å². The fraction of sp³-hybridized carbons (Fsp3) is 0.200. The summed E-state index contributed by atoms with van der Waals surface area (Å²) in [4.78, 5) is 12.8. The Balaban J connectivity index is 1.78. The van der Waals surface area contributed by atoms with Crippen LogP contribution in [-0.4, -0.2) is 19.9 Å². The third-order valence-electron chi connectivity index (χ3n) is 4.53. The van der Waals surface area contributed by atoms with Crippen molar-refractivity contribution >= 4 is 22.5 Å². The van der Waals surface area contributed by atoms with Gasteiger partial charge in [-0.2, -0.15) is 5.10 Å². The van der Waals surface area contributed by atoms with Crippen molar-refractivity contribution in [3.8, 4) is 5.69 Å². The minimum absolute atomic E-state index is 0.191. The molecule has 0 saturated carbocycles. The number of carbonyl (C=O) groups excluding carboxylic acids is 1. The van der Waals surface area contributed by atoms with Crippen molar-refractivity contribution in [3.63, 3.8) is 0 Å². The Morgan fingerprint density at radius 1 is 1.12 bits per heavy atom. The number of benzene rings is 2. The number of aryl methyl sites for hydroxylation is 2. The molecule has 1 atom stereocenters. The van der Waals surface area contributed by atoms with Gasteiger partial charge in [0.1, 0.15) is 5.82 Å². The number of hydrogen-bond donors (Lipinski definition) is 1. The van der Waals surface area contributed by atoms with Gasteiger partial charge in [-0.3, -0.25) is 9.00 Å². The Morgan fingerprint density at radius 2 is 1.92 bits per heavy atom. The molecule has 1 aliphatic rings. The molecule has 26 heavy (non-hydrogen) atoms. The summed E-state index contributed by atoms with van der Waals surface area (Å²) in [6, 6.07) is 15.3. The van der Waals surface area contributed by atoms with Crippen LogP contribution in [0.25, 0.3) is 5.69 Å². The van der Waals surface area contributed by atoms with Crippen LogP contribution in [0.1, 0.15) is 32.7 Å². The molecule has 1 N–H and O–H groups in total. The van der Waals surface area contributed by atoms with Gasteiger partial charge in [0.2, 0.25) is 0 Å². The third kappa shape index (κ3) is 2.97. The Kier molecular flexibility index (Phi) is 4.20. The summed E-state index contributed by atoms with van der Waals surface area (Å²) >= 11 is 0. The van der Waals surface area contributed by atoms with Crippen LogP contribution in [0.15, 0.2) is 48.5 Å². The van der Waals surface area contributed by atoms with Gasteiger partial charge in [-0.05, 0) is 37.6 Å². The van der Waals surface area contributed by atoms with Crippen LogP contribution >= 0.6 is 0 Å². The molecule has 1 amide bonds. The van der Waals surface area contributed by atoms with E-state index in [0.29, 0.717) is 22.9 Å². The van der Waals surface area contributed by atoms with Crippen molar-refractivity contribution in [1.82, 2.24) is 9.78 Å². The van der Waals surface area contributed by atoms with Crippen molar-refractivity contribution in [2.75, 3.05) is 5.32 Å². The molecule has 2 heterocycles. The molecule has 0 fully saturated rings. The summed E-state index contributed by atoms with van der Waals surface area (Å²) in [7, 11) is -0.959. The number of fused-ring (bicyclic) bond motifs is 1. The molecule has 1 unspecified atom stereocenters. The molecular weight excluding hydrogens is 346 g/mol. The van der Waals surface area contributed by atoms with Crippen molar-refractivity contribution in [2.45, 2.75) is 25.4 Å². The molecule has 132 valence electrons. The number of hydrogen-bond acceptors (Lipinski definition) is 3. The molecule has 1 aliphatic heterocycles. The summed E-state index contributed by atoms with van der Waals surface area (Å²) < 4.78 is 13.7.